The van der Waals surface area contributed by atoms with Gasteiger partial charge in [-0.2, -0.15) is 0 Å². The summed E-state index contributed by atoms with van der Waals surface area (Å²) in [5, 5.41) is 3.34. The van der Waals surface area contributed by atoms with Gasteiger partial charge in [-0.25, -0.2) is 0 Å². The fourth-order valence-electron chi connectivity index (χ4n) is 1.78. The number of carbonyl (C=O) groups is 1. The van der Waals surface area contributed by atoms with Gasteiger partial charge < -0.3 is 10.2 Å². The van der Waals surface area contributed by atoms with Crippen LogP contribution in [-0.4, -0.2) is 29.9 Å². The molecule has 1 aromatic heterocycles. The van der Waals surface area contributed by atoms with Crippen molar-refractivity contribution in [3.63, 3.8) is 0 Å². The van der Waals surface area contributed by atoms with Gasteiger partial charge in [-0.3, -0.25) is 9.78 Å². The van der Waals surface area contributed by atoms with Crippen LogP contribution < -0.4 is 5.32 Å². The van der Waals surface area contributed by atoms with Crippen molar-refractivity contribution < 1.29 is 4.79 Å². The maximum atomic E-state index is 11.6. The lowest BCUT2D eigenvalue weighted by molar-refractivity contribution is -0.127. The van der Waals surface area contributed by atoms with Gasteiger partial charge in [0.15, 0.2) is 0 Å². The van der Waals surface area contributed by atoms with E-state index in [1.54, 1.807) is 31.4 Å². The second-order valence-corrected chi connectivity index (χ2v) is 4.87. The van der Waals surface area contributed by atoms with Crippen molar-refractivity contribution in [2.24, 2.45) is 0 Å². The van der Waals surface area contributed by atoms with E-state index >= 15 is 0 Å². The maximum Gasteiger partial charge on any atom is 0.226 e. The van der Waals surface area contributed by atoms with E-state index in [4.69, 9.17) is 0 Å². The van der Waals surface area contributed by atoms with Crippen molar-refractivity contribution in [3.05, 3.63) is 59.9 Å². The predicted octanol–water partition coefficient (Wildman–Crippen LogP) is 2.32. The fourth-order valence-corrected chi connectivity index (χ4v) is 1.78. The molecule has 1 amide bonds. The Morgan fingerprint density at radius 2 is 1.70 bits per heavy atom. The van der Waals surface area contributed by atoms with Crippen molar-refractivity contribution >= 4 is 11.6 Å². The summed E-state index contributed by atoms with van der Waals surface area (Å²) in [4.78, 5) is 17.2. The van der Waals surface area contributed by atoms with Gasteiger partial charge in [0.25, 0.3) is 0 Å². The van der Waals surface area contributed by atoms with Crippen LogP contribution in [-0.2, 0) is 17.8 Å². The summed E-state index contributed by atoms with van der Waals surface area (Å²) in [6.07, 6.45) is 4.01. The number of pyridine rings is 1. The van der Waals surface area contributed by atoms with E-state index in [0.29, 0.717) is 6.42 Å². The molecule has 1 aromatic carbocycles. The molecule has 0 atom stereocenters. The first-order valence-electron chi connectivity index (χ1n) is 6.57. The summed E-state index contributed by atoms with van der Waals surface area (Å²) < 4.78 is 0. The summed E-state index contributed by atoms with van der Waals surface area (Å²) in [6, 6.07) is 11.9. The van der Waals surface area contributed by atoms with E-state index in [2.05, 4.69) is 10.3 Å². The average molecular weight is 269 g/mol. The monoisotopic (exact) mass is 269 g/mol. The van der Waals surface area contributed by atoms with Crippen LogP contribution in [0.5, 0.6) is 0 Å². The molecule has 104 valence electrons. The molecule has 0 aliphatic carbocycles. The van der Waals surface area contributed by atoms with Gasteiger partial charge in [-0.1, -0.05) is 12.1 Å². The lowest BCUT2D eigenvalue weighted by Crippen LogP contribution is -2.23. The fraction of sp³-hybridized carbons (Fsp3) is 0.250. The third-order valence-electron chi connectivity index (χ3n) is 3.05. The number of aromatic nitrogens is 1. The summed E-state index contributed by atoms with van der Waals surface area (Å²) in [5.74, 6) is 0.113. The van der Waals surface area contributed by atoms with E-state index in [0.717, 1.165) is 17.8 Å². The molecule has 0 fully saturated rings. The highest BCUT2D eigenvalue weighted by Gasteiger charge is 2.05. The second-order valence-electron chi connectivity index (χ2n) is 4.87. The molecule has 0 radical (unpaired) electrons. The van der Waals surface area contributed by atoms with Crippen molar-refractivity contribution in [2.75, 3.05) is 19.4 Å². The molecule has 0 saturated carbocycles. The van der Waals surface area contributed by atoms with Gasteiger partial charge >= 0.3 is 0 Å². The van der Waals surface area contributed by atoms with Crippen LogP contribution in [0.25, 0.3) is 0 Å². The highest BCUT2D eigenvalue weighted by atomic mass is 16.2. The Labute approximate surface area is 119 Å². The molecule has 0 aliphatic rings. The van der Waals surface area contributed by atoms with E-state index in [1.807, 2.05) is 36.4 Å². The highest BCUT2D eigenvalue weighted by Crippen LogP contribution is 2.12. The van der Waals surface area contributed by atoms with Crippen LogP contribution in [0.15, 0.2) is 48.8 Å². The number of anilines is 1. The number of hydrogen-bond acceptors (Lipinski definition) is 3. The summed E-state index contributed by atoms with van der Waals surface area (Å²) >= 11 is 0. The molecule has 0 aliphatic heterocycles. The molecule has 20 heavy (non-hydrogen) atoms. The molecule has 1 heterocycles. The first kappa shape index (κ1) is 14.1. The third-order valence-corrected chi connectivity index (χ3v) is 3.05. The quantitative estimate of drug-likeness (QED) is 0.906. The van der Waals surface area contributed by atoms with E-state index in [9.17, 15) is 4.79 Å². The average Bonchev–Trinajstić information content (AvgIpc) is 2.47. The number of nitrogens with one attached hydrogen (secondary N) is 1. The van der Waals surface area contributed by atoms with E-state index in [1.165, 1.54) is 5.56 Å². The maximum absolute atomic E-state index is 11.6. The van der Waals surface area contributed by atoms with Crippen LogP contribution in [0.3, 0.4) is 0 Å². The molecule has 2 aromatic rings. The Bertz CT molecular complexity index is 550. The normalized spacial score (nSPS) is 10.1. The third kappa shape index (κ3) is 4.09. The smallest absolute Gasteiger partial charge is 0.226 e. The standard InChI is InChI=1S/C16H19N3O/c1-19(2)16(20)11-13-3-5-15(6-4-13)18-12-14-7-9-17-10-8-14/h3-10,18H,11-12H2,1-2H3. The van der Waals surface area contributed by atoms with Gasteiger partial charge in [0.05, 0.1) is 6.42 Å². The van der Waals surface area contributed by atoms with Gasteiger partial charge in [0.1, 0.15) is 0 Å². The molecule has 0 spiro atoms. The SMILES string of the molecule is CN(C)C(=O)Cc1ccc(NCc2ccncc2)cc1. The molecule has 0 saturated heterocycles. The number of benzene rings is 1. The number of carbonyl (C=O) groups excluding carboxylic acids is 1. The predicted molar refractivity (Wildman–Crippen MR) is 80.4 cm³/mol. The minimum absolute atomic E-state index is 0.113. The van der Waals surface area contributed by atoms with Crippen molar-refractivity contribution in [2.45, 2.75) is 13.0 Å². The van der Waals surface area contributed by atoms with Crippen LogP contribution in [0.4, 0.5) is 5.69 Å². The van der Waals surface area contributed by atoms with Crippen molar-refractivity contribution in [1.29, 1.82) is 0 Å². The first-order chi connectivity index (χ1) is 9.65. The molecule has 1 N–H and O–H groups in total. The van der Waals surface area contributed by atoms with Crippen molar-refractivity contribution in [1.82, 2.24) is 9.88 Å². The lowest BCUT2D eigenvalue weighted by Gasteiger charge is -2.11. The summed E-state index contributed by atoms with van der Waals surface area (Å²) in [6.45, 7) is 0.762. The minimum atomic E-state index is 0.113. The molecular weight excluding hydrogens is 250 g/mol. The van der Waals surface area contributed by atoms with Gasteiger partial charge in [0, 0.05) is 38.7 Å². The van der Waals surface area contributed by atoms with Gasteiger partial charge in [0.2, 0.25) is 5.91 Å². The van der Waals surface area contributed by atoms with E-state index < -0.39 is 0 Å². The van der Waals surface area contributed by atoms with Gasteiger partial charge in [-0.15, -0.1) is 0 Å². The Hall–Kier alpha value is -2.36. The molecule has 2 rings (SSSR count). The number of amides is 1. The zero-order valence-electron chi connectivity index (χ0n) is 11.8. The minimum Gasteiger partial charge on any atom is -0.381 e. The van der Waals surface area contributed by atoms with Gasteiger partial charge in [-0.05, 0) is 35.4 Å². The summed E-state index contributed by atoms with van der Waals surface area (Å²) in [5.41, 5.74) is 3.26. The number of likely N-dealkylation sites (N-methyl/N-ethyl adjacent to an activating group) is 1. The molecule has 0 bridgehead atoms. The van der Waals surface area contributed by atoms with Crippen molar-refractivity contribution in [3.8, 4) is 0 Å². The number of rotatable bonds is 5. The topological polar surface area (TPSA) is 45.2 Å². The molecular formula is C16H19N3O. The highest BCUT2D eigenvalue weighted by molar-refractivity contribution is 5.78. The Morgan fingerprint density at radius 1 is 1.05 bits per heavy atom. The Balaban J connectivity index is 1.90. The second kappa shape index (κ2) is 6.70. The molecule has 0 unspecified atom stereocenters. The molecule has 4 nitrogen and oxygen atoms in total. The zero-order chi connectivity index (χ0) is 14.4. The zero-order valence-corrected chi connectivity index (χ0v) is 11.8. The lowest BCUT2D eigenvalue weighted by atomic mass is 10.1. The van der Waals surface area contributed by atoms with Crippen LogP contribution in [0.1, 0.15) is 11.1 Å². The van der Waals surface area contributed by atoms with Crippen LogP contribution in [0, 0.1) is 0 Å². The first-order valence-corrected chi connectivity index (χ1v) is 6.57. The molecule has 4 heteroatoms. The Kier molecular flexibility index (Phi) is 4.71. The summed E-state index contributed by atoms with van der Waals surface area (Å²) in [7, 11) is 3.54. The van der Waals surface area contributed by atoms with Crippen LogP contribution >= 0.6 is 0 Å². The number of nitrogens with zero attached hydrogens (tertiary/aromatic N) is 2. The van der Waals surface area contributed by atoms with Crippen LogP contribution in [0.2, 0.25) is 0 Å². The Morgan fingerprint density at radius 3 is 2.30 bits per heavy atom. The largest absolute Gasteiger partial charge is 0.381 e. The van der Waals surface area contributed by atoms with E-state index in [-0.39, 0.29) is 5.91 Å². The number of hydrogen-bond donors (Lipinski definition) is 1.